The SMILES string of the molecule is O=C(Nc1cccc(F)c1)NC1COC1. The third-order valence-electron chi connectivity index (χ3n) is 2.06. The summed E-state index contributed by atoms with van der Waals surface area (Å²) in [5.74, 6) is -0.375. The normalized spacial score (nSPS) is 15.5. The van der Waals surface area contributed by atoms with E-state index >= 15 is 0 Å². The van der Waals surface area contributed by atoms with Crippen molar-refractivity contribution in [1.29, 1.82) is 0 Å². The van der Waals surface area contributed by atoms with Crippen LogP contribution >= 0.6 is 0 Å². The lowest BCUT2D eigenvalue weighted by molar-refractivity contribution is 0.000734. The van der Waals surface area contributed by atoms with Crippen molar-refractivity contribution < 1.29 is 13.9 Å². The predicted octanol–water partition coefficient (Wildman–Crippen LogP) is 1.35. The molecule has 0 saturated carbocycles. The van der Waals surface area contributed by atoms with E-state index in [2.05, 4.69) is 10.6 Å². The highest BCUT2D eigenvalue weighted by atomic mass is 19.1. The van der Waals surface area contributed by atoms with Crippen molar-refractivity contribution in [2.45, 2.75) is 6.04 Å². The van der Waals surface area contributed by atoms with Gasteiger partial charge in [0, 0.05) is 5.69 Å². The first-order chi connectivity index (χ1) is 7.24. The quantitative estimate of drug-likeness (QED) is 0.774. The highest BCUT2D eigenvalue weighted by molar-refractivity contribution is 5.89. The standard InChI is InChI=1S/C10H11FN2O2/c11-7-2-1-3-8(4-7)12-10(14)13-9-5-15-6-9/h1-4,9H,5-6H2,(H2,12,13,14). The molecule has 4 nitrogen and oxygen atoms in total. The minimum absolute atomic E-state index is 0.0681. The molecule has 1 aliphatic heterocycles. The van der Waals surface area contributed by atoms with Crippen LogP contribution < -0.4 is 10.6 Å². The van der Waals surface area contributed by atoms with Gasteiger partial charge in [0.25, 0.3) is 0 Å². The molecular weight excluding hydrogens is 199 g/mol. The van der Waals surface area contributed by atoms with E-state index in [0.717, 1.165) is 0 Å². The van der Waals surface area contributed by atoms with E-state index in [9.17, 15) is 9.18 Å². The van der Waals surface area contributed by atoms with Crippen molar-refractivity contribution in [3.05, 3.63) is 30.1 Å². The maximum absolute atomic E-state index is 12.8. The number of amides is 2. The number of carbonyl (C=O) groups excluding carboxylic acids is 1. The first-order valence-corrected chi connectivity index (χ1v) is 4.65. The molecule has 0 atom stereocenters. The maximum atomic E-state index is 12.8. The second-order valence-corrected chi connectivity index (χ2v) is 3.34. The van der Waals surface area contributed by atoms with Crippen LogP contribution in [0.2, 0.25) is 0 Å². The van der Waals surface area contributed by atoms with Crippen molar-refractivity contribution >= 4 is 11.7 Å². The predicted molar refractivity (Wildman–Crippen MR) is 53.2 cm³/mol. The van der Waals surface area contributed by atoms with Gasteiger partial charge in [-0.25, -0.2) is 9.18 Å². The molecule has 1 fully saturated rings. The minimum atomic E-state index is -0.375. The summed E-state index contributed by atoms with van der Waals surface area (Å²) in [5, 5.41) is 5.22. The van der Waals surface area contributed by atoms with Crippen LogP contribution in [0.3, 0.4) is 0 Å². The third kappa shape index (κ3) is 2.66. The first-order valence-electron chi connectivity index (χ1n) is 4.65. The van der Waals surface area contributed by atoms with Crippen LogP contribution in [0.1, 0.15) is 0 Å². The molecule has 0 unspecified atom stereocenters. The molecule has 1 heterocycles. The highest BCUT2D eigenvalue weighted by Gasteiger charge is 2.20. The fourth-order valence-electron chi connectivity index (χ4n) is 1.24. The van der Waals surface area contributed by atoms with Crippen LogP contribution in [0.4, 0.5) is 14.9 Å². The van der Waals surface area contributed by atoms with Gasteiger partial charge in [0.2, 0.25) is 0 Å². The largest absolute Gasteiger partial charge is 0.377 e. The van der Waals surface area contributed by atoms with Gasteiger partial charge in [-0.15, -0.1) is 0 Å². The zero-order valence-corrected chi connectivity index (χ0v) is 8.00. The number of hydrogen-bond acceptors (Lipinski definition) is 2. The van der Waals surface area contributed by atoms with E-state index in [1.54, 1.807) is 6.07 Å². The summed E-state index contributed by atoms with van der Waals surface area (Å²) in [4.78, 5) is 11.3. The Bertz CT molecular complexity index is 366. The zero-order valence-electron chi connectivity index (χ0n) is 8.00. The third-order valence-corrected chi connectivity index (χ3v) is 2.06. The summed E-state index contributed by atoms with van der Waals surface area (Å²) in [7, 11) is 0. The van der Waals surface area contributed by atoms with Crippen LogP contribution in [0.15, 0.2) is 24.3 Å². The summed E-state index contributed by atoms with van der Waals surface area (Å²) in [5.41, 5.74) is 0.438. The van der Waals surface area contributed by atoms with E-state index in [1.165, 1.54) is 18.2 Å². The molecule has 1 aromatic rings. The van der Waals surface area contributed by atoms with Gasteiger partial charge in [-0.2, -0.15) is 0 Å². The molecule has 0 aromatic heterocycles. The molecule has 0 radical (unpaired) electrons. The number of ether oxygens (including phenoxy) is 1. The lowest BCUT2D eigenvalue weighted by Crippen LogP contribution is -2.49. The molecule has 0 bridgehead atoms. The number of anilines is 1. The Morgan fingerprint density at radius 1 is 1.47 bits per heavy atom. The van der Waals surface area contributed by atoms with E-state index in [-0.39, 0.29) is 17.9 Å². The van der Waals surface area contributed by atoms with Crippen molar-refractivity contribution in [3.8, 4) is 0 Å². The summed E-state index contributed by atoms with van der Waals surface area (Å²) >= 11 is 0. The molecule has 2 N–H and O–H groups in total. The van der Waals surface area contributed by atoms with Gasteiger partial charge in [0.1, 0.15) is 5.82 Å². The van der Waals surface area contributed by atoms with Gasteiger partial charge < -0.3 is 15.4 Å². The summed E-state index contributed by atoms with van der Waals surface area (Å²) in [6, 6.07) is 5.48. The van der Waals surface area contributed by atoms with E-state index in [0.29, 0.717) is 18.9 Å². The average molecular weight is 210 g/mol. The molecule has 5 heteroatoms. The second-order valence-electron chi connectivity index (χ2n) is 3.34. The lowest BCUT2D eigenvalue weighted by Gasteiger charge is -2.26. The molecule has 80 valence electrons. The zero-order chi connectivity index (χ0) is 10.7. The van der Waals surface area contributed by atoms with Crippen LogP contribution in [-0.4, -0.2) is 25.3 Å². The average Bonchev–Trinajstić information content (AvgIpc) is 2.11. The number of benzene rings is 1. The highest BCUT2D eigenvalue weighted by Crippen LogP contribution is 2.09. The van der Waals surface area contributed by atoms with Crippen molar-refractivity contribution in [3.63, 3.8) is 0 Å². The topological polar surface area (TPSA) is 50.4 Å². The molecule has 1 saturated heterocycles. The molecule has 1 aliphatic rings. The second kappa shape index (κ2) is 4.27. The molecule has 2 rings (SSSR count). The van der Waals surface area contributed by atoms with Gasteiger partial charge in [-0.3, -0.25) is 0 Å². The molecular formula is C10H11FN2O2. The Morgan fingerprint density at radius 3 is 2.87 bits per heavy atom. The molecule has 0 spiro atoms. The fraction of sp³-hybridized carbons (Fsp3) is 0.300. The Hall–Kier alpha value is -1.62. The Labute approximate surface area is 86.4 Å². The van der Waals surface area contributed by atoms with Crippen LogP contribution in [-0.2, 0) is 4.74 Å². The van der Waals surface area contributed by atoms with Crippen molar-refractivity contribution in [2.75, 3.05) is 18.5 Å². The smallest absolute Gasteiger partial charge is 0.319 e. The number of rotatable bonds is 2. The van der Waals surface area contributed by atoms with E-state index in [1.807, 2.05) is 0 Å². The lowest BCUT2D eigenvalue weighted by atomic mass is 10.2. The van der Waals surface area contributed by atoms with Crippen molar-refractivity contribution in [1.82, 2.24) is 5.32 Å². The monoisotopic (exact) mass is 210 g/mol. The van der Waals surface area contributed by atoms with Crippen LogP contribution in [0.5, 0.6) is 0 Å². The minimum Gasteiger partial charge on any atom is -0.377 e. The van der Waals surface area contributed by atoms with Crippen LogP contribution in [0, 0.1) is 5.82 Å². The Balaban J connectivity index is 1.87. The summed E-state index contributed by atoms with van der Waals surface area (Å²) in [6.07, 6.45) is 0. The van der Waals surface area contributed by atoms with E-state index in [4.69, 9.17) is 4.74 Å². The first kappa shape index (κ1) is 9.92. The van der Waals surface area contributed by atoms with E-state index < -0.39 is 0 Å². The molecule has 2 amide bonds. The summed E-state index contributed by atoms with van der Waals surface area (Å²) in [6.45, 7) is 1.08. The molecule has 15 heavy (non-hydrogen) atoms. The van der Waals surface area contributed by atoms with Gasteiger partial charge in [-0.1, -0.05) is 6.07 Å². The number of carbonyl (C=O) groups is 1. The number of nitrogens with one attached hydrogen (secondary N) is 2. The Morgan fingerprint density at radius 2 is 2.27 bits per heavy atom. The molecule has 0 aliphatic carbocycles. The molecule has 1 aromatic carbocycles. The Kier molecular flexibility index (Phi) is 2.82. The van der Waals surface area contributed by atoms with Gasteiger partial charge in [0.15, 0.2) is 0 Å². The van der Waals surface area contributed by atoms with Gasteiger partial charge in [-0.05, 0) is 18.2 Å². The number of urea groups is 1. The van der Waals surface area contributed by atoms with Gasteiger partial charge in [0.05, 0.1) is 19.3 Å². The summed E-state index contributed by atoms with van der Waals surface area (Å²) < 4.78 is 17.7. The number of hydrogen-bond donors (Lipinski definition) is 2. The van der Waals surface area contributed by atoms with Gasteiger partial charge >= 0.3 is 6.03 Å². The maximum Gasteiger partial charge on any atom is 0.319 e. The fourth-order valence-corrected chi connectivity index (χ4v) is 1.24. The van der Waals surface area contributed by atoms with Crippen molar-refractivity contribution in [2.24, 2.45) is 0 Å². The van der Waals surface area contributed by atoms with Crippen LogP contribution in [0.25, 0.3) is 0 Å². The number of halogens is 1.